The maximum atomic E-state index is 12.8. The maximum Gasteiger partial charge on any atom is 0.324 e. The minimum absolute atomic E-state index is 0.312. The van der Waals surface area contributed by atoms with Crippen LogP contribution in [0.15, 0.2) is 79.1 Å². The van der Waals surface area contributed by atoms with E-state index in [9.17, 15) is 4.79 Å². The van der Waals surface area contributed by atoms with Crippen LogP contribution in [0, 0.1) is 0 Å². The molecule has 2 aromatic carbocycles. The Labute approximate surface area is 205 Å². The van der Waals surface area contributed by atoms with Gasteiger partial charge >= 0.3 is 6.03 Å². The SMILES string of the molecule is COc1ccc(NC(=O)Nc2nc(-c3ccccn3)nc3nn(Cc4ccccc4Cl)cc23)cc1. The van der Waals surface area contributed by atoms with Crippen LogP contribution in [-0.4, -0.2) is 37.9 Å². The van der Waals surface area contributed by atoms with Gasteiger partial charge in [-0.05, 0) is 48.0 Å². The van der Waals surface area contributed by atoms with Gasteiger partial charge in [-0.25, -0.2) is 14.8 Å². The molecule has 0 atom stereocenters. The third-order valence-electron chi connectivity index (χ3n) is 5.19. The third-order valence-corrected chi connectivity index (χ3v) is 5.56. The second kappa shape index (κ2) is 9.78. The highest BCUT2D eigenvalue weighted by molar-refractivity contribution is 6.31. The summed E-state index contributed by atoms with van der Waals surface area (Å²) in [6.07, 6.45) is 3.44. The van der Waals surface area contributed by atoms with Gasteiger partial charge in [0.1, 0.15) is 17.3 Å². The van der Waals surface area contributed by atoms with E-state index in [4.69, 9.17) is 16.3 Å². The van der Waals surface area contributed by atoms with Crippen LogP contribution in [-0.2, 0) is 6.54 Å². The first kappa shape index (κ1) is 22.3. The minimum Gasteiger partial charge on any atom is -0.497 e. The molecule has 0 saturated carbocycles. The zero-order valence-corrected chi connectivity index (χ0v) is 19.4. The van der Waals surface area contributed by atoms with E-state index < -0.39 is 6.03 Å². The molecule has 3 aromatic heterocycles. The van der Waals surface area contributed by atoms with Crippen molar-refractivity contribution in [2.24, 2.45) is 0 Å². The lowest BCUT2D eigenvalue weighted by Crippen LogP contribution is -2.20. The van der Waals surface area contributed by atoms with Crippen molar-refractivity contribution in [1.29, 1.82) is 0 Å². The number of nitrogens with one attached hydrogen (secondary N) is 2. The number of carbonyl (C=O) groups is 1. The number of methoxy groups -OCH3 is 1. The number of anilines is 2. The quantitative estimate of drug-likeness (QED) is 0.340. The average Bonchev–Trinajstić information content (AvgIpc) is 3.29. The van der Waals surface area contributed by atoms with E-state index in [0.29, 0.717) is 51.4 Å². The van der Waals surface area contributed by atoms with Crippen molar-refractivity contribution in [3.63, 3.8) is 0 Å². The number of hydrogen-bond donors (Lipinski definition) is 2. The number of amides is 2. The lowest BCUT2D eigenvalue weighted by atomic mass is 10.2. The number of carbonyl (C=O) groups excluding carboxylic acids is 1. The maximum absolute atomic E-state index is 12.8. The number of nitrogens with zero attached hydrogens (tertiary/aromatic N) is 5. The molecule has 0 unspecified atom stereocenters. The fourth-order valence-corrected chi connectivity index (χ4v) is 3.68. The Kier molecular flexibility index (Phi) is 6.23. The fraction of sp³-hybridized carbons (Fsp3) is 0.0800. The molecule has 35 heavy (non-hydrogen) atoms. The monoisotopic (exact) mass is 485 g/mol. The standard InChI is InChI=1S/C25H20ClN7O2/c1-35-18-11-9-17(10-12-18)28-25(34)31-22-19-15-33(14-16-6-2-3-7-20(16)26)32-23(19)30-24(29-22)21-8-4-5-13-27-21/h2-13,15H,14H2,1H3,(H2,28,29,30,31,32,34). The molecule has 0 saturated heterocycles. The van der Waals surface area contributed by atoms with Crippen molar-refractivity contribution in [2.75, 3.05) is 17.7 Å². The number of pyridine rings is 1. The number of hydrogen-bond acceptors (Lipinski definition) is 6. The van der Waals surface area contributed by atoms with Gasteiger partial charge in [-0.1, -0.05) is 35.9 Å². The summed E-state index contributed by atoms with van der Waals surface area (Å²) < 4.78 is 6.87. The van der Waals surface area contributed by atoms with E-state index in [-0.39, 0.29) is 0 Å². The van der Waals surface area contributed by atoms with Crippen LogP contribution in [0.1, 0.15) is 5.56 Å². The van der Waals surface area contributed by atoms with Crippen LogP contribution in [0.3, 0.4) is 0 Å². The van der Waals surface area contributed by atoms with Crippen LogP contribution in [0.25, 0.3) is 22.6 Å². The molecule has 0 aliphatic carbocycles. The van der Waals surface area contributed by atoms with Gasteiger partial charge in [0.15, 0.2) is 11.5 Å². The predicted molar refractivity (Wildman–Crippen MR) is 135 cm³/mol. The molecule has 0 radical (unpaired) electrons. The Morgan fingerprint density at radius 1 is 1.00 bits per heavy atom. The van der Waals surface area contributed by atoms with Gasteiger partial charge in [0.05, 0.1) is 19.0 Å². The Morgan fingerprint density at radius 2 is 1.80 bits per heavy atom. The van der Waals surface area contributed by atoms with Gasteiger partial charge in [-0.3, -0.25) is 15.0 Å². The van der Waals surface area contributed by atoms with Gasteiger partial charge in [0, 0.05) is 23.1 Å². The van der Waals surface area contributed by atoms with E-state index in [1.54, 1.807) is 54.5 Å². The van der Waals surface area contributed by atoms with Gasteiger partial charge in [-0.15, -0.1) is 0 Å². The summed E-state index contributed by atoms with van der Waals surface area (Å²) in [5.41, 5.74) is 2.50. The van der Waals surface area contributed by atoms with Gasteiger partial charge in [0.2, 0.25) is 0 Å². The van der Waals surface area contributed by atoms with Crippen molar-refractivity contribution < 1.29 is 9.53 Å². The average molecular weight is 486 g/mol. The first-order valence-electron chi connectivity index (χ1n) is 10.7. The van der Waals surface area contributed by atoms with Crippen molar-refractivity contribution in [2.45, 2.75) is 6.54 Å². The van der Waals surface area contributed by atoms with E-state index in [2.05, 4.69) is 30.7 Å². The topological polar surface area (TPSA) is 107 Å². The first-order valence-corrected chi connectivity index (χ1v) is 11.1. The number of halogens is 1. The van der Waals surface area contributed by atoms with E-state index in [1.165, 1.54) is 0 Å². The summed E-state index contributed by atoms with van der Waals surface area (Å²) in [7, 11) is 1.58. The Hall–Kier alpha value is -4.50. The Bertz CT molecular complexity index is 1490. The number of ether oxygens (including phenoxy) is 1. The van der Waals surface area contributed by atoms with Crippen LogP contribution >= 0.6 is 11.6 Å². The van der Waals surface area contributed by atoms with Crippen molar-refractivity contribution >= 4 is 40.2 Å². The lowest BCUT2D eigenvalue weighted by molar-refractivity contribution is 0.262. The molecular weight excluding hydrogens is 466 g/mol. The van der Waals surface area contributed by atoms with E-state index in [1.807, 2.05) is 36.4 Å². The summed E-state index contributed by atoms with van der Waals surface area (Å²) in [6.45, 7) is 0.437. The largest absolute Gasteiger partial charge is 0.497 e. The summed E-state index contributed by atoms with van der Waals surface area (Å²) in [5.74, 6) is 1.35. The number of rotatable bonds is 6. The summed E-state index contributed by atoms with van der Waals surface area (Å²) in [4.78, 5) is 26.3. The predicted octanol–water partition coefficient (Wildman–Crippen LogP) is 5.24. The lowest BCUT2D eigenvalue weighted by Gasteiger charge is -2.09. The number of fused-ring (bicyclic) bond motifs is 1. The number of urea groups is 1. The van der Waals surface area contributed by atoms with Crippen LogP contribution in [0.5, 0.6) is 5.75 Å². The van der Waals surface area contributed by atoms with Gasteiger partial charge < -0.3 is 10.1 Å². The molecule has 9 nitrogen and oxygen atoms in total. The molecule has 0 fully saturated rings. The minimum atomic E-state index is -0.457. The molecule has 0 aliphatic heterocycles. The molecule has 0 spiro atoms. The molecule has 5 rings (SSSR count). The van der Waals surface area contributed by atoms with Crippen molar-refractivity contribution in [3.05, 3.63) is 89.7 Å². The molecular formula is C25H20ClN7O2. The smallest absolute Gasteiger partial charge is 0.324 e. The normalized spacial score (nSPS) is 10.8. The molecule has 174 valence electrons. The second-order valence-corrected chi connectivity index (χ2v) is 7.98. The second-order valence-electron chi connectivity index (χ2n) is 7.57. The van der Waals surface area contributed by atoms with Crippen molar-refractivity contribution in [3.8, 4) is 17.3 Å². The highest BCUT2D eigenvalue weighted by atomic mass is 35.5. The van der Waals surface area contributed by atoms with E-state index >= 15 is 0 Å². The Balaban J connectivity index is 1.48. The zero-order chi connectivity index (χ0) is 24.2. The van der Waals surface area contributed by atoms with E-state index in [0.717, 1.165) is 5.56 Å². The molecule has 5 aromatic rings. The molecule has 10 heteroatoms. The molecule has 2 N–H and O–H groups in total. The van der Waals surface area contributed by atoms with Gasteiger partial charge in [0.25, 0.3) is 0 Å². The number of benzene rings is 2. The molecule has 3 heterocycles. The van der Waals surface area contributed by atoms with Gasteiger partial charge in [-0.2, -0.15) is 5.10 Å². The highest BCUT2D eigenvalue weighted by Gasteiger charge is 2.16. The summed E-state index contributed by atoms with van der Waals surface area (Å²) in [5, 5.41) is 11.4. The zero-order valence-electron chi connectivity index (χ0n) is 18.6. The fourth-order valence-electron chi connectivity index (χ4n) is 3.48. The van der Waals surface area contributed by atoms with Crippen molar-refractivity contribution in [1.82, 2.24) is 24.7 Å². The van der Waals surface area contributed by atoms with Crippen LogP contribution in [0.2, 0.25) is 5.02 Å². The molecule has 0 bridgehead atoms. The first-order chi connectivity index (χ1) is 17.1. The molecule has 0 aliphatic rings. The highest BCUT2D eigenvalue weighted by Crippen LogP contribution is 2.25. The Morgan fingerprint density at radius 3 is 2.54 bits per heavy atom. The third kappa shape index (κ3) is 5.04. The number of aromatic nitrogens is 5. The summed E-state index contributed by atoms with van der Waals surface area (Å²) in [6, 6.07) is 19.5. The molecule has 2 amide bonds. The summed E-state index contributed by atoms with van der Waals surface area (Å²) >= 11 is 6.32. The van der Waals surface area contributed by atoms with Crippen LogP contribution in [0.4, 0.5) is 16.3 Å². The van der Waals surface area contributed by atoms with Crippen LogP contribution < -0.4 is 15.4 Å².